The lowest BCUT2D eigenvalue weighted by atomic mass is 10.1. The molecule has 0 aliphatic carbocycles. The number of hydrogen-bond donors (Lipinski definition) is 1. The van der Waals surface area contributed by atoms with Crippen LogP contribution >= 0.6 is 34.8 Å². The zero-order valence-corrected chi connectivity index (χ0v) is 15.1. The van der Waals surface area contributed by atoms with E-state index >= 15 is 0 Å². The second-order valence-electron chi connectivity index (χ2n) is 5.46. The molecule has 5 nitrogen and oxygen atoms in total. The number of amides is 3. The summed E-state index contributed by atoms with van der Waals surface area (Å²) in [6, 6.07) is 8.14. The van der Waals surface area contributed by atoms with E-state index in [1.165, 1.54) is 19.1 Å². The van der Waals surface area contributed by atoms with Crippen LogP contribution in [-0.4, -0.2) is 28.7 Å². The zero-order chi connectivity index (χ0) is 18.3. The molecule has 1 aliphatic rings. The maximum Gasteiger partial charge on any atom is 0.262 e. The van der Waals surface area contributed by atoms with E-state index in [1.807, 2.05) is 0 Å². The molecule has 3 amide bonds. The molecule has 3 rings (SSSR count). The van der Waals surface area contributed by atoms with Gasteiger partial charge in [-0.1, -0.05) is 34.8 Å². The maximum absolute atomic E-state index is 12.5. The summed E-state index contributed by atoms with van der Waals surface area (Å²) in [5, 5.41) is 3.50. The van der Waals surface area contributed by atoms with Crippen LogP contribution in [0.4, 0.5) is 5.69 Å². The minimum absolute atomic E-state index is 0.130. The van der Waals surface area contributed by atoms with Gasteiger partial charge in [0.1, 0.15) is 6.04 Å². The number of rotatable bonds is 3. The Morgan fingerprint density at radius 3 is 1.92 bits per heavy atom. The minimum atomic E-state index is -1.01. The average molecular weight is 398 g/mol. The van der Waals surface area contributed by atoms with Crippen LogP contribution in [0.25, 0.3) is 0 Å². The highest BCUT2D eigenvalue weighted by molar-refractivity contribution is 6.43. The molecule has 2 aromatic rings. The highest BCUT2D eigenvalue weighted by Gasteiger charge is 2.41. The molecule has 0 aromatic heterocycles. The fourth-order valence-electron chi connectivity index (χ4n) is 2.50. The first-order chi connectivity index (χ1) is 11.8. The lowest BCUT2D eigenvalue weighted by Gasteiger charge is -2.21. The Bertz CT molecular complexity index is 856. The molecule has 0 bridgehead atoms. The van der Waals surface area contributed by atoms with Crippen molar-refractivity contribution in [3.8, 4) is 0 Å². The van der Waals surface area contributed by atoms with Crippen LogP contribution in [0.5, 0.6) is 0 Å². The van der Waals surface area contributed by atoms with E-state index in [0.717, 1.165) is 4.90 Å². The Morgan fingerprint density at radius 1 is 0.960 bits per heavy atom. The van der Waals surface area contributed by atoms with E-state index in [-0.39, 0.29) is 21.2 Å². The van der Waals surface area contributed by atoms with E-state index in [1.54, 1.807) is 24.3 Å². The van der Waals surface area contributed by atoms with E-state index in [9.17, 15) is 14.4 Å². The number of halogens is 3. The number of hydrogen-bond acceptors (Lipinski definition) is 3. The summed E-state index contributed by atoms with van der Waals surface area (Å²) >= 11 is 17.6. The Morgan fingerprint density at radius 2 is 1.44 bits per heavy atom. The van der Waals surface area contributed by atoms with Crippen molar-refractivity contribution >= 4 is 58.2 Å². The summed E-state index contributed by atoms with van der Waals surface area (Å²) in [7, 11) is 0. The molecule has 25 heavy (non-hydrogen) atoms. The van der Waals surface area contributed by atoms with E-state index in [4.69, 9.17) is 34.8 Å². The number of carbonyl (C=O) groups is 3. The average Bonchev–Trinajstić information content (AvgIpc) is 2.80. The minimum Gasteiger partial charge on any atom is -0.324 e. The molecule has 0 fully saturated rings. The van der Waals surface area contributed by atoms with Crippen molar-refractivity contribution in [3.63, 3.8) is 0 Å². The molecule has 0 saturated heterocycles. The van der Waals surface area contributed by atoms with Gasteiger partial charge in [0.25, 0.3) is 11.8 Å². The smallest absolute Gasteiger partial charge is 0.262 e. The van der Waals surface area contributed by atoms with Crippen molar-refractivity contribution in [2.45, 2.75) is 13.0 Å². The molecule has 1 unspecified atom stereocenters. The largest absolute Gasteiger partial charge is 0.324 e. The lowest BCUT2D eigenvalue weighted by Crippen LogP contribution is -2.45. The SMILES string of the molecule is CC(C(=O)Nc1ccc(Cl)cc1)N1C(=O)c2cc(Cl)c(Cl)cc2C1=O. The molecule has 128 valence electrons. The zero-order valence-electron chi connectivity index (χ0n) is 12.8. The van der Waals surface area contributed by atoms with Crippen LogP contribution in [-0.2, 0) is 4.79 Å². The predicted octanol–water partition coefficient (Wildman–Crippen LogP) is 4.27. The number of imide groups is 1. The normalized spacial score (nSPS) is 14.5. The van der Waals surface area contributed by atoms with E-state index in [2.05, 4.69) is 5.32 Å². The first kappa shape index (κ1) is 17.7. The van der Waals surface area contributed by atoms with Gasteiger partial charge in [-0.05, 0) is 43.3 Å². The molecule has 0 saturated carbocycles. The Hall–Kier alpha value is -2.08. The third-order valence-electron chi connectivity index (χ3n) is 3.84. The molecule has 1 heterocycles. The van der Waals surface area contributed by atoms with Crippen LogP contribution in [0.2, 0.25) is 15.1 Å². The summed E-state index contributed by atoms with van der Waals surface area (Å²) < 4.78 is 0. The van der Waals surface area contributed by atoms with Gasteiger partial charge in [-0.15, -0.1) is 0 Å². The fourth-order valence-corrected chi connectivity index (χ4v) is 2.95. The van der Waals surface area contributed by atoms with Gasteiger partial charge >= 0.3 is 0 Å². The second kappa shape index (κ2) is 6.67. The first-order valence-electron chi connectivity index (χ1n) is 7.23. The number of nitrogens with one attached hydrogen (secondary N) is 1. The van der Waals surface area contributed by atoms with Gasteiger partial charge < -0.3 is 5.32 Å². The molecule has 1 N–H and O–H groups in total. The number of anilines is 1. The summed E-state index contributed by atoms with van der Waals surface area (Å²) in [6.07, 6.45) is 0. The maximum atomic E-state index is 12.5. The molecule has 1 atom stereocenters. The van der Waals surface area contributed by atoms with Gasteiger partial charge in [0.2, 0.25) is 5.91 Å². The number of benzene rings is 2. The van der Waals surface area contributed by atoms with E-state index < -0.39 is 23.8 Å². The Kier molecular flexibility index (Phi) is 4.73. The summed E-state index contributed by atoms with van der Waals surface area (Å²) in [4.78, 5) is 38.3. The van der Waals surface area contributed by atoms with Crippen molar-refractivity contribution in [1.82, 2.24) is 4.90 Å². The summed E-state index contributed by atoms with van der Waals surface area (Å²) in [5.74, 6) is -1.68. The predicted molar refractivity (Wildman–Crippen MR) is 96.5 cm³/mol. The molecule has 1 aliphatic heterocycles. The lowest BCUT2D eigenvalue weighted by molar-refractivity contribution is -0.119. The highest BCUT2D eigenvalue weighted by Crippen LogP contribution is 2.32. The molecule has 0 radical (unpaired) electrons. The van der Waals surface area contributed by atoms with Gasteiger partial charge in [0.05, 0.1) is 21.2 Å². The molecule has 0 spiro atoms. The van der Waals surface area contributed by atoms with E-state index in [0.29, 0.717) is 10.7 Å². The van der Waals surface area contributed by atoms with Crippen LogP contribution < -0.4 is 5.32 Å². The topological polar surface area (TPSA) is 66.5 Å². The van der Waals surface area contributed by atoms with Gasteiger partial charge in [-0.2, -0.15) is 0 Å². The Labute approximate surface area is 158 Å². The quantitative estimate of drug-likeness (QED) is 0.787. The molecule has 2 aromatic carbocycles. The van der Waals surface area contributed by atoms with Crippen molar-refractivity contribution < 1.29 is 14.4 Å². The fraction of sp³-hybridized carbons (Fsp3) is 0.118. The third kappa shape index (κ3) is 3.23. The highest BCUT2D eigenvalue weighted by atomic mass is 35.5. The van der Waals surface area contributed by atoms with Crippen molar-refractivity contribution in [2.24, 2.45) is 0 Å². The molecular formula is C17H11Cl3N2O3. The van der Waals surface area contributed by atoms with Gasteiger partial charge in [-0.25, -0.2) is 0 Å². The monoisotopic (exact) mass is 396 g/mol. The molecule has 8 heteroatoms. The summed E-state index contributed by atoms with van der Waals surface area (Å²) in [5.41, 5.74) is 0.764. The van der Waals surface area contributed by atoms with Crippen LogP contribution in [0.15, 0.2) is 36.4 Å². The molecular weight excluding hydrogens is 387 g/mol. The van der Waals surface area contributed by atoms with Crippen LogP contribution in [0.1, 0.15) is 27.6 Å². The number of nitrogens with zero attached hydrogens (tertiary/aromatic N) is 1. The number of carbonyl (C=O) groups excluding carboxylic acids is 3. The van der Waals surface area contributed by atoms with Crippen LogP contribution in [0.3, 0.4) is 0 Å². The number of fused-ring (bicyclic) bond motifs is 1. The van der Waals surface area contributed by atoms with Crippen LogP contribution in [0, 0.1) is 0 Å². The van der Waals surface area contributed by atoms with Crippen molar-refractivity contribution in [3.05, 3.63) is 62.6 Å². The first-order valence-corrected chi connectivity index (χ1v) is 8.36. The summed E-state index contributed by atoms with van der Waals surface area (Å²) in [6.45, 7) is 1.47. The van der Waals surface area contributed by atoms with Crippen molar-refractivity contribution in [1.29, 1.82) is 0 Å². The second-order valence-corrected chi connectivity index (χ2v) is 6.72. The van der Waals surface area contributed by atoms with Crippen molar-refractivity contribution in [2.75, 3.05) is 5.32 Å². The van der Waals surface area contributed by atoms with Gasteiger partial charge in [0.15, 0.2) is 0 Å². The Balaban J connectivity index is 1.84. The standard InChI is InChI=1S/C17H11Cl3N2O3/c1-8(15(23)21-10-4-2-9(18)3-5-10)22-16(24)11-6-13(19)14(20)7-12(11)17(22)25/h2-8H,1H3,(H,21,23). The van der Waals surface area contributed by atoms with Gasteiger partial charge in [-0.3, -0.25) is 19.3 Å². The third-order valence-corrected chi connectivity index (χ3v) is 4.81. The van der Waals surface area contributed by atoms with Gasteiger partial charge in [0, 0.05) is 10.7 Å².